The van der Waals surface area contributed by atoms with Crippen molar-refractivity contribution in [2.45, 2.75) is 19.2 Å². The number of benzene rings is 1. The molecule has 0 spiro atoms. The SMILES string of the molecule is CC(=O)C1=Cc2cc(Cl)c(F)cc2OC1C(F)(F)F. The van der Waals surface area contributed by atoms with Crippen molar-refractivity contribution in [3.63, 3.8) is 0 Å². The van der Waals surface area contributed by atoms with Crippen molar-refractivity contribution in [3.05, 3.63) is 34.1 Å². The monoisotopic (exact) mass is 294 g/mol. The normalized spacial score (nSPS) is 18.4. The van der Waals surface area contributed by atoms with E-state index in [1.54, 1.807) is 0 Å². The molecule has 1 aromatic carbocycles. The molecule has 1 heterocycles. The fraction of sp³-hybridized carbons (Fsp3) is 0.250. The van der Waals surface area contributed by atoms with Crippen molar-refractivity contribution in [1.82, 2.24) is 0 Å². The first-order valence-corrected chi connectivity index (χ1v) is 5.53. The second-order valence-electron chi connectivity index (χ2n) is 4.00. The van der Waals surface area contributed by atoms with Gasteiger partial charge in [0, 0.05) is 17.2 Å². The van der Waals surface area contributed by atoms with Crippen LogP contribution in [0.15, 0.2) is 17.7 Å². The van der Waals surface area contributed by atoms with Gasteiger partial charge in [-0.1, -0.05) is 11.6 Å². The molecule has 2 rings (SSSR count). The van der Waals surface area contributed by atoms with Crippen LogP contribution in [0.5, 0.6) is 5.75 Å². The molecular weight excluding hydrogens is 288 g/mol. The lowest BCUT2D eigenvalue weighted by Crippen LogP contribution is -2.39. The predicted octanol–water partition coefficient (Wildman–Crippen LogP) is 3.77. The number of Topliss-reactive ketones (excluding diaryl/α,β-unsaturated/α-hetero) is 1. The van der Waals surface area contributed by atoms with Crippen LogP contribution in [0.25, 0.3) is 6.08 Å². The first kappa shape index (κ1) is 13.9. The summed E-state index contributed by atoms with van der Waals surface area (Å²) in [5.74, 6) is -1.95. The molecule has 0 saturated heterocycles. The van der Waals surface area contributed by atoms with Gasteiger partial charge < -0.3 is 4.74 Å². The summed E-state index contributed by atoms with van der Waals surface area (Å²) in [5, 5.41) is -0.257. The van der Waals surface area contributed by atoms with E-state index in [0.717, 1.165) is 25.1 Å². The highest BCUT2D eigenvalue weighted by atomic mass is 35.5. The summed E-state index contributed by atoms with van der Waals surface area (Å²) in [4.78, 5) is 11.3. The zero-order chi connectivity index (χ0) is 14.4. The number of carbonyl (C=O) groups excluding carboxylic acids is 1. The van der Waals surface area contributed by atoms with Crippen molar-refractivity contribution in [1.29, 1.82) is 0 Å². The van der Waals surface area contributed by atoms with Gasteiger partial charge in [0.2, 0.25) is 6.10 Å². The predicted molar refractivity (Wildman–Crippen MR) is 60.5 cm³/mol. The molecule has 0 radical (unpaired) electrons. The Labute approximate surface area is 110 Å². The third-order valence-electron chi connectivity index (χ3n) is 2.59. The molecule has 7 heteroatoms. The highest BCUT2D eigenvalue weighted by molar-refractivity contribution is 6.31. The maximum atomic E-state index is 13.2. The number of rotatable bonds is 1. The van der Waals surface area contributed by atoms with E-state index < -0.39 is 29.5 Å². The van der Waals surface area contributed by atoms with E-state index in [-0.39, 0.29) is 16.3 Å². The van der Waals surface area contributed by atoms with Crippen molar-refractivity contribution in [3.8, 4) is 5.75 Å². The Balaban J connectivity index is 2.57. The Kier molecular flexibility index (Phi) is 3.30. The lowest BCUT2D eigenvalue weighted by molar-refractivity contribution is -0.184. The molecule has 0 bridgehead atoms. The molecule has 1 aliphatic rings. The summed E-state index contributed by atoms with van der Waals surface area (Å²) >= 11 is 5.53. The number of hydrogen-bond acceptors (Lipinski definition) is 2. The first-order valence-electron chi connectivity index (χ1n) is 5.15. The van der Waals surface area contributed by atoms with E-state index in [1.165, 1.54) is 0 Å². The van der Waals surface area contributed by atoms with Crippen LogP contribution in [-0.4, -0.2) is 18.1 Å². The quantitative estimate of drug-likeness (QED) is 0.737. The van der Waals surface area contributed by atoms with Crippen LogP contribution in [0, 0.1) is 5.82 Å². The minimum absolute atomic E-state index is 0.136. The van der Waals surface area contributed by atoms with Gasteiger partial charge in [-0.15, -0.1) is 0 Å². The molecule has 1 atom stereocenters. The smallest absolute Gasteiger partial charge is 0.429 e. The van der Waals surface area contributed by atoms with Gasteiger partial charge in [0.1, 0.15) is 11.6 Å². The summed E-state index contributed by atoms with van der Waals surface area (Å²) in [6.07, 6.45) is -6.13. The Morgan fingerprint density at radius 1 is 1.37 bits per heavy atom. The average Bonchev–Trinajstić information content (AvgIpc) is 2.27. The van der Waals surface area contributed by atoms with E-state index in [9.17, 15) is 22.4 Å². The van der Waals surface area contributed by atoms with Gasteiger partial charge in [0.25, 0.3) is 0 Å². The maximum absolute atomic E-state index is 13.2. The summed E-state index contributed by atoms with van der Waals surface area (Å²) < 4.78 is 56.3. The molecule has 1 aromatic rings. The lowest BCUT2D eigenvalue weighted by atomic mass is 9.98. The molecule has 0 N–H and O–H groups in total. The van der Waals surface area contributed by atoms with Gasteiger partial charge in [-0.05, 0) is 19.1 Å². The zero-order valence-electron chi connectivity index (χ0n) is 9.52. The van der Waals surface area contributed by atoms with E-state index in [2.05, 4.69) is 0 Å². The summed E-state index contributed by atoms with van der Waals surface area (Å²) in [7, 11) is 0. The van der Waals surface area contributed by atoms with Gasteiger partial charge in [-0.3, -0.25) is 4.79 Å². The van der Waals surface area contributed by atoms with E-state index in [0.29, 0.717) is 0 Å². The topological polar surface area (TPSA) is 26.3 Å². The summed E-state index contributed by atoms with van der Waals surface area (Å²) in [6, 6.07) is 1.88. The molecule has 1 unspecified atom stereocenters. The lowest BCUT2D eigenvalue weighted by Gasteiger charge is -2.27. The molecule has 0 amide bonds. The molecule has 0 fully saturated rings. The largest absolute Gasteiger partial charge is 0.475 e. The second-order valence-corrected chi connectivity index (χ2v) is 4.41. The summed E-state index contributed by atoms with van der Waals surface area (Å²) in [6.45, 7) is 1.00. The first-order chi connectivity index (χ1) is 8.70. The van der Waals surface area contributed by atoms with Crippen LogP contribution in [0.2, 0.25) is 5.02 Å². The van der Waals surface area contributed by atoms with Crippen LogP contribution >= 0.6 is 11.6 Å². The number of carbonyl (C=O) groups is 1. The van der Waals surface area contributed by atoms with Crippen LogP contribution in [0.1, 0.15) is 12.5 Å². The number of halogens is 5. The van der Waals surface area contributed by atoms with Gasteiger partial charge in [0.05, 0.1) is 5.02 Å². The standard InChI is InChI=1S/C12H7ClF4O2/c1-5(18)7-2-6-3-8(13)9(14)4-10(6)19-11(7)12(15,16)17/h2-4,11H,1H3. The Hall–Kier alpha value is -1.56. The van der Waals surface area contributed by atoms with Crippen LogP contribution in [0.3, 0.4) is 0 Å². The van der Waals surface area contributed by atoms with Crippen LogP contribution in [0.4, 0.5) is 17.6 Å². The Morgan fingerprint density at radius 3 is 2.53 bits per heavy atom. The number of alkyl halides is 3. The van der Waals surface area contributed by atoms with Crippen LogP contribution < -0.4 is 4.74 Å². The Morgan fingerprint density at radius 2 is 2.00 bits per heavy atom. The van der Waals surface area contributed by atoms with Gasteiger partial charge in [-0.25, -0.2) is 4.39 Å². The molecule has 19 heavy (non-hydrogen) atoms. The highest BCUT2D eigenvalue weighted by Crippen LogP contribution is 2.39. The number of ether oxygens (including phenoxy) is 1. The van der Waals surface area contributed by atoms with E-state index in [1.807, 2.05) is 0 Å². The third kappa shape index (κ3) is 2.58. The van der Waals surface area contributed by atoms with Crippen molar-refractivity contribution < 1.29 is 27.1 Å². The molecule has 1 aliphatic heterocycles. The molecular formula is C12H7ClF4O2. The number of fused-ring (bicyclic) bond motifs is 1. The van der Waals surface area contributed by atoms with Gasteiger partial charge in [0.15, 0.2) is 5.78 Å². The Bertz CT molecular complexity index is 578. The zero-order valence-corrected chi connectivity index (χ0v) is 10.3. The fourth-order valence-electron chi connectivity index (χ4n) is 1.72. The van der Waals surface area contributed by atoms with Crippen molar-refractivity contribution in [2.24, 2.45) is 0 Å². The summed E-state index contributed by atoms with van der Waals surface area (Å²) in [5.41, 5.74) is -0.403. The van der Waals surface area contributed by atoms with E-state index in [4.69, 9.17) is 16.3 Å². The molecule has 2 nitrogen and oxygen atoms in total. The average molecular weight is 295 g/mol. The van der Waals surface area contributed by atoms with Crippen molar-refractivity contribution >= 4 is 23.5 Å². The van der Waals surface area contributed by atoms with Gasteiger partial charge >= 0.3 is 6.18 Å². The minimum atomic E-state index is -4.76. The van der Waals surface area contributed by atoms with E-state index >= 15 is 0 Å². The molecule has 0 aliphatic carbocycles. The van der Waals surface area contributed by atoms with Crippen molar-refractivity contribution in [2.75, 3.05) is 0 Å². The third-order valence-corrected chi connectivity index (χ3v) is 2.88. The number of ketones is 1. The minimum Gasteiger partial charge on any atom is -0.475 e. The second kappa shape index (κ2) is 4.52. The maximum Gasteiger partial charge on any atom is 0.429 e. The fourth-order valence-corrected chi connectivity index (χ4v) is 1.89. The molecule has 0 aromatic heterocycles. The van der Waals surface area contributed by atoms with Crippen LogP contribution in [-0.2, 0) is 4.79 Å². The highest BCUT2D eigenvalue weighted by Gasteiger charge is 2.47. The van der Waals surface area contributed by atoms with Gasteiger partial charge in [-0.2, -0.15) is 13.2 Å². The number of hydrogen-bond donors (Lipinski definition) is 0. The molecule has 102 valence electrons. The molecule has 0 saturated carbocycles.